The van der Waals surface area contributed by atoms with E-state index in [1.54, 1.807) is 29.5 Å². The number of fused-ring (bicyclic) bond motifs is 1. The molecule has 0 saturated carbocycles. The molecule has 9 heteroatoms. The minimum absolute atomic E-state index is 0.00299. The maximum absolute atomic E-state index is 12.5. The number of thiazole rings is 1. The van der Waals surface area contributed by atoms with E-state index in [9.17, 15) is 14.9 Å². The van der Waals surface area contributed by atoms with Gasteiger partial charge in [0.05, 0.1) is 28.2 Å². The fourth-order valence-electron chi connectivity index (χ4n) is 2.72. The molecule has 0 bridgehead atoms. The molecule has 0 fully saturated rings. The predicted octanol–water partition coefficient (Wildman–Crippen LogP) is 3.65. The lowest BCUT2D eigenvalue weighted by atomic mass is 10.1. The number of hydrogen-bond acceptors (Lipinski definition) is 6. The number of rotatable bonds is 7. The second kappa shape index (κ2) is 9.13. The minimum Gasteiger partial charge on any atom is -0.383 e. The number of methoxy groups -OCH3 is 1. The van der Waals surface area contributed by atoms with E-state index in [2.05, 4.69) is 4.99 Å². The number of benzene rings is 2. The van der Waals surface area contributed by atoms with Crippen LogP contribution in [0, 0.1) is 10.1 Å². The first-order chi connectivity index (χ1) is 13.5. The Morgan fingerprint density at radius 2 is 2.04 bits per heavy atom. The van der Waals surface area contributed by atoms with Crippen molar-refractivity contribution in [2.75, 3.05) is 20.0 Å². The number of nitro benzene ring substituents is 1. The molecule has 28 heavy (non-hydrogen) atoms. The topological polar surface area (TPSA) is 86.7 Å². The molecule has 0 aliphatic rings. The summed E-state index contributed by atoms with van der Waals surface area (Å²) >= 11 is 2.98. The third kappa shape index (κ3) is 4.67. The lowest BCUT2D eigenvalue weighted by molar-refractivity contribution is -0.384. The minimum atomic E-state index is -0.433. The number of nitro groups is 1. The van der Waals surface area contributed by atoms with E-state index >= 15 is 0 Å². The number of aromatic nitrogens is 1. The summed E-state index contributed by atoms with van der Waals surface area (Å²) in [6.07, 6.45) is 2.20. The number of hydrogen-bond donors (Lipinski definition) is 0. The molecule has 2 aromatic carbocycles. The van der Waals surface area contributed by atoms with Gasteiger partial charge in [-0.15, -0.1) is 11.8 Å². The van der Waals surface area contributed by atoms with Crippen LogP contribution in [0.2, 0.25) is 0 Å². The summed E-state index contributed by atoms with van der Waals surface area (Å²) in [5.74, 6) is -0.260. The number of non-ortho nitro benzene ring substituents is 1. The second-order valence-electron chi connectivity index (χ2n) is 5.97. The number of carbonyl (C=O) groups is 1. The van der Waals surface area contributed by atoms with E-state index in [-0.39, 0.29) is 18.0 Å². The summed E-state index contributed by atoms with van der Waals surface area (Å²) in [5, 5.41) is 11.1. The molecule has 3 aromatic rings. The molecule has 0 aliphatic carbocycles. The molecule has 0 saturated heterocycles. The molecule has 3 rings (SSSR count). The van der Waals surface area contributed by atoms with Crippen LogP contribution in [0.4, 0.5) is 5.69 Å². The number of carbonyl (C=O) groups excluding carboxylic acids is 1. The number of ether oxygens (including phenoxy) is 1. The zero-order chi connectivity index (χ0) is 20.1. The van der Waals surface area contributed by atoms with Gasteiger partial charge in [-0.3, -0.25) is 14.9 Å². The molecular weight excluding hydrogens is 398 g/mol. The Kier molecular flexibility index (Phi) is 6.61. The molecule has 1 heterocycles. The smallest absolute Gasteiger partial charge is 0.271 e. The molecule has 0 unspecified atom stereocenters. The SMILES string of the molecule is COCCn1c(=NC(=O)Cc2ccc(SC)cc2)sc2ccc([N+](=O)[O-])cc21. The average molecular weight is 418 g/mol. The lowest BCUT2D eigenvalue weighted by Crippen LogP contribution is -2.19. The molecule has 0 atom stereocenters. The van der Waals surface area contributed by atoms with Crippen LogP contribution in [-0.2, 0) is 22.5 Å². The van der Waals surface area contributed by atoms with Gasteiger partial charge in [-0.05, 0) is 30.0 Å². The monoisotopic (exact) mass is 417 g/mol. The van der Waals surface area contributed by atoms with E-state index in [0.29, 0.717) is 23.5 Å². The standard InChI is InChI=1S/C19H19N3O4S2/c1-26-10-9-21-16-12-14(22(24)25)5-8-17(16)28-19(21)20-18(23)11-13-3-6-15(27-2)7-4-13/h3-8,12H,9-11H2,1-2H3. The summed E-state index contributed by atoms with van der Waals surface area (Å²) in [5.41, 5.74) is 1.57. The number of nitrogens with zero attached hydrogens (tertiary/aromatic N) is 3. The van der Waals surface area contributed by atoms with Gasteiger partial charge in [0.1, 0.15) is 0 Å². The first-order valence-corrected chi connectivity index (χ1v) is 10.5. The third-order valence-electron chi connectivity index (χ3n) is 4.13. The first kappa shape index (κ1) is 20.2. The van der Waals surface area contributed by atoms with E-state index < -0.39 is 4.92 Å². The maximum atomic E-state index is 12.5. The van der Waals surface area contributed by atoms with Gasteiger partial charge in [-0.25, -0.2) is 0 Å². The largest absolute Gasteiger partial charge is 0.383 e. The average Bonchev–Trinajstić information content (AvgIpc) is 3.02. The highest BCUT2D eigenvalue weighted by Crippen LogP contribution is 2.23. The fraction of sp³-hybridized carbons (Fsp3) is 0.263. The van der Waals surface area contributed by atoms with Crippen molar-refractivity contribution in [2.24, 2.45) is 4.99 Å². The quantitative estimate of drug-likeness (QED) is 0.333. The van der Waals surface area contributed by atoms with Crippen LogP contribution < -0.4 is 4.80 Å². The highest BCUT2D eigenvalue weighted by molar-refractivity contribution is 7.98. The van der Waals surface area contributed by atoms with E-state index in [1.165, 1.54) is 23.5 Å². The Hall–Kier alpha value is -2.49. The van der Waals surface area contributed by atoms with Crippen molar-refractivity contribution in [1.29, 1.82) is 0 Å². The van der Waals surface area contributed by atoms with Crippen LogP contribution in [0.1, 0.15) is 5.56 Å². The van der Waals surface area contributed by atoms with Gasteiger partial charge in [0.15, 0.2) is 4.80 Å². The van der Waals surface area contributed by atoms with Gasteiger partial charge in [0.2, 0.25) is 0 Å². The van der Waals surface area contributed by atoms with Crippen molar-refractivity contribution in [2.45, 2.75) is 17.9 Å². The Labute approximate surface area is 169 Å². The van der Waals surface area contributed by atoms with Gasteiger partial charge in [-0.2, -0.15) is 4.99 Å². The normalized spacial score (nSPS) is 11.9. The summed E-state index contributed by atoms with van der Waals surface area (Å²) in [4.78, 5) is 29.1. The zero-order valence-corrected chi connectivity index (χ0v) is 17.1. The van der Waals surface area contributed by atoms with Crippen molar-refractivity contribution >= 4 is 44.9 Å². The fourth-order valence-corrected chi connectivity index (χ4v) is 4.18. The van der Waals surface area contributed by atoms with Crippen LogP contribution >= 0.6 is 23.1 Å². The first-order valence-electron chi connectivity index (χ1n) is 8.49. The molecular formula is C19H19N3O4S2. The zero-order valence-electron chi connectivity index (χ0n) is 15.5. The van der Waals surface area contributed by atoms with Gasteiger partial charge in [-0.1, -0.05) is 23.5 Å². The predicted molar refractivity (Wildman–Crippen MR) is 111 cm³/mol. The molecule has 1 amide bonds. The van der Waals surface area contributed by atoms with Gasteiger partial charge in [0, 0.05) is 30.7 Å². The van der Waals surface area contributed by atoms with Crippen LogP contribution in [0.25, 0.3) is 10.2 Å². The Morgan fingerprint density at radius 1 is 1.29 bits per heavy atom. The Morgan fingerprint density at radius 3 is 2.68 bits per heavy atom. The van der Waals surface area contributed by atoms with Crippen molar-refractivity contribution in [3.05, 3.63) is 62.9 Å². The summed E-state index contributed by atoms with van der Waals surface area (Å²) in [6, 6.07) is 12.4. The van der Waals surface area contributed by atoms with Gasteiger partial charge < -0.3 is 9.30 Å². The molecule has 0 radical (unpaired) electrons. The highest BCUT2D eigenvalue weighted by Gasteiger charge is 2.13. The number of amides is 1. The van der Waals surface area contributed by atoms with Crippen molar-refractivity contribution < 1.29 is 14.5 Å². The maximum Gasteiger partial charge on any atom is 0.271 e. The van der Waals surface area contributed by atoms with Crippen molar-refractivity contribution in [1.82, 2.24) is 4.57 Å². The molecule has 0 N–H and O–H groups in total. The van der Waals surface area contributed by atoms with Crippen molar-refractivity contribution in [3.8, 4) is 0 Å². The van der Waals surface area contributed by atoms with Gasteiger partial charge >= 0.3 is 0 Å². The third-order valence-corrected chi connectivity index (χ3v) is 5.93. The van der Waals surface area contributed by atoms with Crippen LogP contribution in [0.5, 0.6) is 0 Å². The van der Waals surface area contributed by atoms with Crippen LogP contribution in [0.3, 0.4) is 0 Å². The van der Waals surface area contributed by atoms with Crippen molar-refractivity contribution in [3.63, 3.8) is 0 Å². The molecule has 0 spiro atoms. The molecule has 1 aromatic heterocycles. The number of thioether (sulfide) groups is 1. The molecule has 7 nitrogen and oxygen atoms in total. The Balaban J connectivity index is 1.96. The summed E-state index contributed by atoms with van der Waals surface area (Å²) < 4.78 is 7.77. The summed E-state index contributed by atoms with van der Waals surface area (Å²) in [7, 11) is 1.58. The van der Waals surface area contributed by atoms with E-state index in [0.717, 1.165) is 15.2 Å². The van der Waals surface area contributed by atoms with E-state index in [1.807, 2.05) is 30.5 Å². The van der Waals surface area contributed by atoms with Crippen LogP contribution in [-0.4, -0.2) is 35.4 Å². The lowest BCUT2D eigenvalue weighted by Gasteiger charge is -2.04. The van der Waals surface area contributed by atoms with Gasteiger partial charge in [0.25, 0.3) is 11.6 Å². The highest BCUT2D eigenvalue weighted by atomic mass is 32.2. The van der Waals surface area contributed by atoms with Crippen LogP contribution in [0.15, 0.2) is 52.4 Å². The molecule has 146 valence electrons. The second-order valence-corrected chi connectivity index (χ2v) is 7.86. The Bertz CT molecular complexity index is 1070. The van der Waals surface area contributed by atoms with E-state index in [4.69, 9.17) is 4.74 Å². The summed E-state index contributed by atoms with van der Waals surface area (Å²) in [6.45, 7) is 0.859. The molecule has 0 aliphatic heterocycles.